The van der Waals surface area contributed by atoms with Crippen LogP contribution in [-0.2, 0) is 5.60 Å². The monoisotopic (exact) mass is 345 g/mol. The van der Waals surface area contributed by atoms with Crippen molar-refractivity contribution in [1.82, 2.24) is 14.8 Å². The van der Waals surface area contributed by atoms with Gasteiger partial charge in [0.05, 0.1) is 17.4 Å². The van der Waals surface area contributed by atoms with E-state index in [4.69, 9.17) is 0 Å². The van der Waals surface area contributed by atoms with E-state index >= 15 is 0 Å². The molecule has 1 atom stereocenters. The molecule has 2 aromatic carbocycles. The van der Waals surface area contributed by atoms with Crippen LogP contribution in [0.1, 0.15) is 17.5 Å². The molecule has 0 spiro atoms. The Morgan fingerprint density at radius 2 is 2.04 bits per heavy atom. The van der Waals surface area contributed by atoms with Gasteiger partial charge in [-0.1, -0.05) is 36.1 Å². The van der Waals surface area contributed by atoms with Crippen LogP contribution >= 0.6 is 11.3 Å². The molecular weight excluding hydrogens is 330 g/mol. The number of benzene rings is 2. The Morgan fingerprint density at radius 3 is 2.88 bits per heavy atom. The zero-order valence-corrected chi connectivity index (χ0v) is 14.4. The van der Waals surface area contributed by atoms with Crippen molar-refractivity contribution in [2.75, 3.05) is 0 Å². The second-order valence-corrected chi connectivity index (χ2v) is 6.72. The van der Waals surface area contributed by atoms with E-state index in [-0.39, 0.29) is 0 Å². The molecule has 25 heavy (non-hydrogen) atoms. The van der Waals surface area contributed by atoms with Crippen LogP contribution in [0.4, 0.5) is 0 Å². The van der Waals surface area contributed by atoms with E-state index in [1.54, 1.807) is 13.1 Å². The number of aromatic nitrogens is 3. The molecule has 2 aromatic heterocycles. The molecule has 0 bridgehead atoms. The Kier molecular flexibility index (Phi) is 3.85. The minimum absolute atomic E-state index is 0.592. The predicted molar refractivity (Wildman–Crippen MR) is 99.6 cm³/mol. The van der Waals surface area contributed by atoms with Gasteiger partial charge < -0.3 is 5.11 Å². The smallest absolute Gasteiger partial charge is 0.174 e. The zero-order valence-electron chi connectivity index (χ0n) is 13.5. The Hall–Kier alpha value is -2.94. The lowest BCUT2D eigenvalue weighted by Gasteiger charge is -2.12. The molecule has 0 aliphatic carbocycles. The molecule has 0 aliphatic rings. The van der Waals surface area contributed by atoms with Gasteiger partial charge in [0.15, 0.2) is 5.60 Å². The molecule has 0 aliphatic heterocycles. The number of fused-ring (bicyclic) bond motifs is 1. The third-order valence-electron chi connectivity index (χ3n) is 3.87. The van der Waals surface area contributed by atoms with Crippen LogP contribution in [0.15, 0.2) is 66.3 Å². The van der Waals surface area contributed by atoms with Crippen LogP contribution in [0.25, 0.3) is 16.6 Å². The maximum atomic E-state index is 10.5. The fourth-order valence-electron chi connectivity index (χ4n) is 2.60. The van der Waals surface area contributed by atoms with E-state index in [1.165, 1.54) is 11.3 Å². The highest BCUT2D eigenvalue weighted by Gasteiger charge is 2.22. The largest absolute Gasteiger partial charge is 0.371 e. The maximum absolute atomic E-state index is 10.5. The molecule has 4 rings (SSSR count). The molecule has 2 heterocycles. The van der Waals surface area contributed by atoms with Gasteiger partial charge in [0.2, 0.25) is 0 Å². The van der Waals surface area contributed by atoms with Crippen molar-refractivity contribution in [3.05, 3.63) is 76.9 Å². The minimum Gasteiger partial charge on any atom is -0.371 e. The lowest BCUT2D eigenvalue weighted by atomic mass is 10.1. The topological polar surface area (TPSA) is 50.9 Å². The molecular formula is C20H15N3OS. The van der Waals surface area contributed by atoms with Gasteiger partial charge in [-0.3, -0.25) is 0 Å². The average Bonchev–Trinajstić information content (AvgIpc) is 3.30. The zero-order chi connectivity index (χ0) is 17.3. The summed E-state index contributed by atoms with van der Waals surface area (Å²) in [6, 6.07) is 15.9. The summed E-state index contributed by atoms with van der Waals surface area (Å²) in [7, 11) is 0. The van der Waals surface area contributed by atoms with Crippen molar-refractivity contribution in [3.8, 4) is 17.5 Å². The molecule has 0 radical (unpaired) electrons. The number of hydrogen-bond acceptors (Lipinski definition) is 4. The van der Waals surface area contributed by atoms with Crippen LogP contribution in [0.2, 0.25) is 0 Å². The molecule has 0 saturated carbocycles. The maximum Gasteiger partial charge on any atom is 0.174 e. The van der Waals surface area contributed by atoms with Crippen molar-refractivity contribution in [2.45, 2.75) is 12.5 Å². The first kappa shape index (κ1) is 15.6. The van der Waals surface area contributed by atoms with Crippen molar-refractivity contribution in [1.29, 1.82) is 0 Å². The first-order valence-electron chi connectivity index (χ1n) is 7.82. The number of nitrogens with zero attached hydrogens (tertiary/aromatic N) is 3. The Labute approximate surface area is 149 Å². The summed E-state index contributed by atoms with van der Waals surface area (Å²) >= 11 is 1.39. The van der Waals surface area contributed by atoms with Gasteiger partial charge in [0.1, 0.15) is 5.01 Å². The third kappa shape index (κ3) is 3.05. The summed E-state index contributed by atoms with van der Waals surface area (Å²) < 4.78 is 1.89. The standard InChI is InChI=1S/C20H15N3OS/c1-20(24,19-21-11-12-25-19)10-9-15-5-4-7-17(13-15)23-18-8-3-2-6-16(18)14-22-23/h2-8,11-14,24H,1H3/t20-/m1/s1. The lowest BCUT2D eigenvalue weighted by molar-refractivity contribution is 0.122. The van der Waals surface area contributed by atoms with Crippen LogP contribution in [0.3, 0.4) is 0 Å². The Bertz CT molecular complexity index is 1080. The van der Waals surface area contributed by atoms with Crippen molar-refractivity contribution >= 4 is 22.2 Å². The molecule has 0 unspecified atom stereocenters. The van der Waals surface area contributed by atoms with Crippen molar-refractivity contribution < 1.29 is 5.11 Å². The van der Waals surface area contributed by atoms with Gasteiger partial charge in [-0.15, -0.1) is 11.3 Å². The normalized spacial score (nSPS) is 13.2. The van der Waals surface area contributed by atoms with Crippen molar-refractivity contribution in [2.24, 2.45) is 0 Å². The van der Waals surface area contributed by atoms with Crippen LogP contribution in [-0.4, -0.2) is 19.9 Å². The fourth-order valence-corrected chi connectivity index (χ4v) is 3.26. The molecule has 0 amide bonds. The number of aliphatic hydroxyl groups is 1. The van der Waals surface area contributed by atoms with Crippen LogP contribution < -0.4 is 0 Å². The SMILES string of the molecule is C[C@@](O)(C#Cc1cccc(-n2ncc3ccccc32)c1)c1nccs1. The minimum atomic E-state index is -1.26. The average molecular weight is 345 g/mol. The highest BCUT2D eigenvalue weighted by Crippen LogP contribution is 2.22. The first-order chi connectivity index (χ1) is 12.1. The van der Waals surface area contributed by atoms with E-state index in [2.05, 4.69) is 21.9 Å². The van der Waals surface area contributed by atoms with E-state index in [9.17, 15) is 5.11 Å². The first-order valence-corrected chi connectivity index (χ1v) is 8.70. The number of hydrogen-bond donors (Lipinski definition) is 1. The molecule has 0 fully saturated rings. The Morgan fingerprint density at radius 1 is 1.16 bits per heavy atom. The summed E-state index contributed by atoms with van der Waals surface area (Å²) in [5, 5.41) is 18.5. The van der Waals surface area contributed by atoms with Gasteiger partial charge in [0.25, 0.3) is 0 Å². The van der Waals surface area contributed by atoms with Gasteiger partial charge >= 0.3 is 0 Å². The van der Waals surface area contributed by atoms with Gasteiger partial charge in [-0.2, -0.15) is 5.10 Å². The van der Waals surface area contributed by atoms with E-state index in [1.807, 2.05) is 64.8 Å². The Balaban J connectivity index is 1.71. The summed E-state index contributed by atoms with van der Waals surface area (Å²) in [5.41, 5.74) is 1.53. The summed E-state index contributed by atoms with van der Waals surface area (Å²) in [6.07, 6.45) is 3.51. The van der Waals surface area contributed by atoms with Crippen molar-refractivity contribution in [3.63, 3.8) is 0 Å². The molecule has 122 valence electrons. The summed E-state index contributed by atoms with van der Waals surface area (Å²) in [5.74, 6) is 5.96. The highest BCUT2D eigenvalue weighted by molar-refractivity contribution is 7.09. The summed E-state index contributed by atoms with van der Waals surface area (Å²) in [4.78, 5) is 4.14. The summed E-state index contributed by atoms with van der Waals surface area (Å²) in [6.45, 7) is 1.66. The van der Waals surface area contributed by atoms with Gasteiger partial charge in [-0.05, 0) is 31.2 Å². The van der Waals surface area contributed by atoms with Gasteiger partial charge in [-0.25, -0.2) is 9.67 Å². The molecule has 1 N–H and O–H groups in total. The van der Waals surface area contributed by atoms with Crippen LogP contribution in [0, 0.1) is 11.8 Å². The predicted octanol–water partition coefficient (Wildman–Crippen LogP) is 3.74. The lowest BCUT2D eigenvalue weighted by Crippen LogP contribution is -2.17. The van der Waals surface area contributed by atoms with Crippen LogP contribution in [0.5, 0.6) is 0 Å². The molecule has 4 aromatic rings. The molecule has 4 nitrogen and oxygen atoms in total. The number of thiazole rings is 1. The molecule has 5 heteroatoms. The van der Waals surface area contributed by atoms with Gasteiger partial charge in [0, 0.05) is 22.5 Å². The third-order valence-corrected chi connectivity index (χ3v) is 4.85. The number of para-hydroxylation sites is 1. The fraction of sp³-hybridized carbons (Fsp3) is 0.100. The quantitative estimate of drug-likeness (QED) is 0.563. The highest BCUT2D eigenvalue weighted by atomic mass is 32.1. The number of rotatable bonds is 2. The second-order valence-electron chi connectivity index (χ2n) is 5.82. The van der Waals surface area contributed by atoms with E-state index in [0.717, 1.165) is 22.2 Å². The molecule has 0 saturated heterocycles. The second kappa shape index (κ2) is 6.17. The van der Waals surface area contributed by atoms with E-state index in [0.29, 0.717) is 5.01 Å². The van der Waals surface area contributed by atoms with E-state index < -0.39 is 5.60 Å².